The van der Waals surface area contributed by atoms with Gasteiger partial charge in [0.2, 0.25) is 0 Å². The van der Waals surface area contributed by atoms with E-state index in [0.29, 0.717) is 17.6 Å². The summed E-state index contributed by atoms with van der Waals surface area (Å²) in [6.07, 6.45) is 4.03. The van der Waals surface area contributed by atoms with Gasteiger partial charge in [0.15, 0.2) is 0 Å². The molecule has 3 aromatic rings. The van der Waals surface area contributed by atoms with Crippen LogP contribution >= 0.6 is 0 Å². The minimum atomic E-state index is -0.923. The minimum Gasteiger partial charge on any atom is -0.478 e. The van der Waals surface area contributed by atoms with Crippen molar-refractivity contribution in [3.05, 3.63) is 52.9 Å². The summed E-state index contributed by atoms with van der Waals surface area (Å²) in [5, 5.41) is 23.8. The Bertz CT molecular complexity index is 1050. The number of rotatable bonds is 4. The van der Waals surface area contributed by atoms with E-state index in [1.54, 1.807) is 16.8 Å². The van der Waals surface area contributed by atoms with Gasteiger partial charge in [-0.05, 0) is 43.7 Å². The van der Waals surface area contributed by atoms with Crippen LogP contribution in [0.15, 0.2) is 36.0 Å². The van der Waals surface area contributed by atoms with Crippen molar-refractivity contribution < 1.29 is 9.90 Å². The molecule has 0 saturated heterocycles. The number of fused-ring (bicyclic) bond motifs is 1. The lowest BCUT2D eigenvalue weighted by molar-refractivity contribution is -0.132. The molecule has 6 nitrogen and oxygen atoms in total. The summed E-state index contributed by atoms with van der Waals surface area (Å²) in [5.41, 5.74) is 3.42. The third-order valence-electron chi connectivity index (χ3n) is 4.26. The highest BCUT2D eigenvalue weighted by Crippen LogP contribution is 2.27. The number of nitrogens with zero attached hydrogens (tertiary/aromatic N) is 4. The molecule has 0 radical (unpaired) electrons. The number of benzene rings is 1. The van der Waals surface area contributed by atoms with Crippen LogP contribution in [0.3, 0.4) is 0 Å². The molecule has 0 saturated carbocycles. The number of carbonyl (C=O) groups is 1. The second kappa shape index (κ2) is 6.29. The monoisotopic (exact) mass is 334 g/mol. The molecule has 2 aromatic heterocycles. The summed E-state index contributed by atoms with van der Waals surface area (Å²) in [4.78, 5) is 11.4. The molecule has 0 amide bonds. The number of carboxylic acid groups (broad SMARTS) is 1. The van der Waals surface area contributed by atoms with Gasteiger partial charge >= 0.3 is 5.97 Å². The fourth-order valence-corrected chi connectivity index (χ4v) is 3.00. The van der Waals surface area contributed by atoms with E-state index < -0.39 is 5.97 Å². The van der Waals surface area contributed by atoms with Crippen LogP contribution in [0.25, 0.3) is 22.8 Å². The maximum absolute atomic E-state index is 11.4. The Kier molecular flexibility index (Phi) is 4.15. The first kappa shape index (κ1) is 16.5. The molecule has 3 rings (SSSR count). The highest BCUT2D eigenvalue weighted by atomic mass is 16.4. The van der Waals surface area contributed by atoms with Gasteiger partial charge in [-0.1, -0.05) is 6.92 Å². The van der Waals surface area contributed by atoms with E-state index in [1.165, 1.54) is 0 Å². The zero-order valence-corrected chi connectivity index (χ0v) is 14.3. The van der Waals surface area contributed by atoms with Crippen LogP contribution < -0.4 is 0 Å². The van der Waals surface area contributed by atoms with Gasteiger partial charge in [0, 0.05) is 29.8 Å². The number of aryl methyl sites for hydroxylation is 2. The van der Waals surface area contributed by atoms with Gasteiger partial charge in [-0.25, -0.2) is 4.79 Å². The van der Waals surface area contributed by atoms with Crippen molar-refractivity contribution in [1.82, 2.24) is 14.3 Å². The minimum absolute atomic E-state index is 0.334. The molecule has 1 N–H and O–H groups in total. The zero-order chi connectivity index (χ0) is 18.1. The van der Waals surface area contributed by atoms with Gasteiger partial charge in [-0.15, -0.1) is 0 Å². The average molecular weight is 334 g/mol. The lowest BCUT2D eigenvalue weighted by atomic mass is 10.1. The van der Waals surface area contributed by atoms with E-state index in [0.717, 1.165) is 28.0 Å². The van der Waals surface area contributed by atoms with Gasteiger partial charge in [-0.3, -0.25) is 4.68 Å². The highest BCUT2D eigenvalue weighted by molar-refractivity contribution is 5.93. The van der Waals surface area contributed by atoms with E-state index in [9.17, 15) is 9.90 Å². The number of hydrogen-bond acceptors (Lipinski definition) is 3. The van der Waals surface area contributed by atoms with E-state index in [4.69, 9.17) is 5.26 Å². The standard InChI is InChI=1S/C19H18N4O2/c1-4-14(19(24)25)10-16-12(2)21-22(3)18(16)23-8-7-15-9-13(11-20)5-6-17(15)23/h5-10H,4H2,1-3H3,(H,24,25)/b14-10+. The number of nitriles is 1. The first-order chi connectivity index (χ1) is 12.0. The predicted molar refractivity (Wildman–Crippen MR) is 95.4 cm³/mol. The maximum Gasteiger partial charge on any atom is 0.331 e. The van der Waals surface area contributed by atoms with Crippen molar-refractivity contribution in [1.29, 1.82) is 5.26 Å². The van der Waals surface area contributed by atoms with Crippen LogP contribution in [0, 0.1) is 18.3 Å². The molecular formula is C19H18N4O2. The molecule has 0 spiro atoms. The summed E-state index contributed by atoms with van der Waals surface area (Å²) >= 11 is 0. The lowest BCUT2D eigenvalue weighted by Crippen LogP contribution is -2.04. The molecule has 0 aliphatic carbocycles. The Morgan fingerprint density at radius 2 is 2.16 bits per heavy atom. The summed E-state index contributed by atoms with van der Waals surface area (Å²) in [6, 6.07) is 9.57. The molecule has 1 aromatic carbocycles. The maximum atomic E-state index is 11.4. The molecule has 0 bridgehead atoms. The van der Waals surface area contributed by atoms with Gasteiger partial charge in [0.1, 0.15) is 5.82 Å². The molecule has 0 aliphatic heterocycles. The van der Waals surface area contributed by atoms with Gasteiger partial charge in [0.25, 0.3) is 0 Å². The number of aromatic nitrogens is 3. The summed E-state index contributed by atoms with van der Waals surface area (Å²) < 4.78 is 3.71. The smallest absolute Gasteiger partial charge is 0.331 e. The summed E-state index contributed by atoms with van der Waals surface area (Å²) in [7, 11) is 1.83. The Balaban J connectivity index is 2.25. The quantitative estimate of drug-likeness (QED) is 0.741. The van der Waals surface area contributed by atoms with Crippen LogP contribution in [-0.2, 0) is 11.8 Å². The number of carboxylic acids is 1. The van der Waals surface area contributed by atoms with Crippen LogP contribution in [-0.4, -0.2) is 25.4 Å². The largest absolute Gasteiger partial charge is 0.478 e. The summed E-state index contributed by atoms with van der Waals surface area (Å²) in [5.74, 6) is -0.128. The fourth-order valence-electron chi connectivity index (χ4n) is 3.00. The topological polar surface area (TPSA) is 83.8 Å². The Morgan fingerprint density at radius 3 is 2.80 bits per heavy atom. The SMILES string of the molecule is CC/C(=C\c1c(C)nn(C)c1-n1ccc2cc(C#N)ccc21)C(=O)O. The molecule has 0 atom stereocenters. The first-order valence-corrected chi connectivity index (χ1v) is 7.95. The van der Waals surface area contributed by atoms with Crippen molar-refractivity contribution in [3.63, 3.8) is 0 Å². The van der Waals surface area contributed by atoms with Crippen LogP contribution in [0.5, 0.6) is 0 Å². The Morgan fingerprint density at radius 1 is 1.40 bits per heavy atom. The van der Waals surface area contributed by atoms with Crippen molar-refractivity contribution in [2.24, 2.45) is 7.05 Å². The second-order valence-corrected chi connectivity index (χ2v) is 5.85. The molecule has 0 aliphatic rings. The molecule has 0 unspecified atom stereocenters. The number of hydrogen-bond donors (Lipinski definition) is 1. The summed E-state index contributed by atoms with van der Waals surface area (Å²) in [6.45, 7) is 3.68. The molecule has 2 heterocycles. The van der Waals surface area contributed by atoms with E-state index in [2.05, 4.69) is 11.2 Å². The van der Waals surface area contributed by atoms with E-state index >= 15 is 0 Å². The van der Waals surface area contributed by atoms with Crippen LogP contribution in [0.2, 0.25) is 0 Å². The van der Waals surface area contributed by atoms with Crippen molar-refractivity contribution in [2.75, 3.05) is 0 Å². The van der Waals surface area contributed by atoms with Crippen molar-refractivity contribution >= 4 is 22.9 Å². The molecule has 6 heteroatoms. The van der Waals surface area contributed by atoms with Crippen LogP contribution in [0.4, 0.5) is 0 Å². The molecular weight excluding hydrogens is 316 g/mol. The van der Waals surface area contributed by atoms with Crippen molar-refractivity contribution in [3.8, 4) is 11.9 Å². The van der Waals surface area contributed by atoms with Crippen molar-refractivity contribution in [2.45, 2.75) is 20.3 Å². The zero-order valence-electron chi connectivity index (χ0n) is 14.3. The Hall–Kier alpha value is -3.33. The second-order valence-electron chi connectivity index (χ2n) is 5.85. The molecule has 126 valence electrons. The van der Waals surface area contributed by atoms with Gasteiger partial charge in [-0.2, -0.15) is 10.4 Å². The van der Waals surface area contributed by atoms with Crippen LogP contribution in [0.1, 0.15) is 30.2 Å². The molecule has 0 fully saturated rings. The molecule has 25 heavy (non-hydrogen) atoms. The third-order valence-corrected chi connectivity index (χ3v) is 4.26. The predicted octanol–water partition coefficient (Wildman–Crippen LogP) is 3.42. The van der Waals surface area contributed by atoms with Gasteiger partial charge < -0.3 is 9.67 Å². The highest BCUT2D eigenvalue weighted by Gasteiger charge is 2.17. The number of aliphatic carboxylic acids is 1. The fraction of sp³-hybridized carbons (Fsp3) is 0.211. The first-order valence-electron chi connectivity index (χ1n) is 7.95. The average Bonchev–Trinajstić information content (AvgIpc) is 3.11. The lowest BCUT2D eigenvalue weighted by Gasteiger charge is -2.09. The normalized spacial score (nSPS) is 11.7. The Labute approximate surface area is 145 Å². The van der Waals surface area contributed by atoms with E-state index in [-0.39, 0.29) is 0 Å². The third kappa shape index (κ3) is 2.81. The van der Waals surface area contributed by atoms with E-state index in [1.807, 2.05) is 49.9 Å². The van der Waals surface area contributed by atoms with Gasteiger partial charge in [0.05, 0.1) is 22.8 Å².